The molecule has 2 rings (SSSR count). The molecule has 0 aliphatic carbocycles. The van der Waals surface area contributed by atoms with Crippen molar-refractivity contribution in [1.82, 2.24) is 0 Å². The molecule has 0 bridgehead atoms. The van der Waals surface area contributed by atoms with Crippen molar-refractivity contribution in [2.24, 2.45) is 0 Å². The summed E-state index contributed by atoms with van der Waals surface area (Å²) in [6, 6.07) is 9.04. The van der Waals surface area contributed by atoms with Gasteiger partial charge in [-0.15, -0.1) is 0 Å². The molecule has 1 aliphatic heterocycles. The largest absolute Gasteiger partial charge is 0.226 e. The number of allylic oxidation sites excluding steroid dienone is 1. The summed E-state index contributed by atoms with van der Waals surface area (Å²) in [5, 5.41) is 0. The van der Waals surface area contributed by atoms with Crippen molar-refractivity contribution in [3.05, 3.63) is 47.0 Å². The maximum atomic E-state index is 12.3. The van der Waals surface area contributed by atoms with Gasteiger partial charge in [-0.2, -0.15) is 0 Å². The van der Waals surface area contributed by atoms with E-state index in [9.17, 15) is 8.42 Å². The normalized spacial score (nSPS) is 28.2. The summed E-state index contributed by atoms with van der Waals surface area (Å²) in [7, 11) is -3.35. The molecule has 1 aromatic rings. The Balaban J connectivity index is 2.59. The Morgan fingerprint density at radius 2 is 1.71 bits per heavy atom. The molecule has 1 aromatic carbocycles. The van der Waals surface area contributed by atoms with Crippen molar-refractivity contribution in [3.63, 3.8) is 0 Å². The lowest BCUT2D eigenvalue weighted by atomic mass is 10.0. The fourth-order valence-corrected chi connectivity index (χ4v) is 4.56. The molecule has 1 atom stereocenters. The molecule has 1 aliphatic rings. The fourth-order valence-electron chi connectivity index (χ4n) is 2.09. The first-order valence-corrected chi connectivity index (χ1v) is 7.52. The average molecular weight is 271 g/mol. The second-order valence-electron chi connectivity index (χ2n) is 4.59. The van der Waals surface area contributed by atoms with Crippen LogP contribution in [-0.4, -0.2) is 14.2 Å². The fraction of sp³-hybridized carbons (Fsp3) is 0.385. The van der Waals surface area contributed by atoms with Gasteiger partial charge in [0, 0.05) is 6.42 Å². The van der Waals surface area contributed by atoms with Crippen LogP contribution in [0.15, 0.2) is 41.5 Å². The molecule has 2 nitrogen and oxygen atoms in total. The minimum atomic E-state index is -3.35. The van der Waals surface area contributed by atoms with Crippen LogP contribution in [0.3, 0.4) is 0 Å². The van der Waals surface area contributed by atoms with Crippen molar-refractivity contribution in [2.75, 3.05) is 5.75 Å². The van der Waals surface area contributed by atoms with E-state index in [1.54, 1.807) is 12.1 Å². The molecule has 0 unspecified atom stereocenters. The standard InChI is InChI=1S/C13H15ClO2S/c1-10-8-13(14,12-6-4-3-5-7-12)17(15,16)9-11(10)2/h3-7H,8-9H2,1-2H3/t13-/m0/s1. The van der Waals surface area contributed by atoms with Gasteiger partial charge < -0.3 is 0 Å². The number of alkyl halides is 1. The Morgan fingerprint density at radius 1 is 1.12 bits per heavy atom. The van der Waals surface area contributed by atoms with Crippen LogP contribution in [0.1, 0.15) is 25.8 Å². The van der Waals surface area contributed by atoms with Crippen molar-refractivity contribution in [2.45, 2.75) is 24.5 Å². The highest BCUT2D eigenvalue weighted by Crippen LogP contribution is 2.45. The van der Waals surface area contributed by atoms with E-state index in [1.807, 2.05) is 32.0 Å². The third kappa shape index (κ3) is 2.02. The minimum Gasteiger partial charge on any atom is -0.226 e. The quantitative estimate of drug-likeness (QED) is 0.580. The molecule has 4 heteroatoms. The van der Waals surface area contributed by atoms with Gasteiger partial charge in [-0.1, -0.05) is 53.1 Å². The lowest BCUT2D eigenvalue weighted by Gasteiger charge is -2.32. The zero-order chi connectivity index (χ0) is 12.7. The summed E-state index contributed by atoms with van der Waals surface area (Å²) in [5.41, 5.74) is 2.64. The van der Waals surface area contributed by atoms with Crippen molar-refractivity contribution < 1.29 is 8.42 Å². The van der Waals surface area contributed by atoms with E-state index in [-0.39, 0.29) is 5.75 Å². The number of benzene rings is 1. The van der Waals surface area contributed by atoms with Crippen LogP contribution in [0.2, 0.25) is 0 Å². The first kappa shape index (κ1) is 12.7. The maximum absolute atomic E-state index is 12.3. The maximum Gasteiger partial charge on any atom is 0.178 e. The van der Waals surface area contributed by atoms with E-state index in [1.165, 1.54) is 0 Å². The molecule has 0 radical (unpaired) electrons. The minimum absolute atomic E-state index is 0.0528. The van der Waals surface area contributed by atoms with Gasteiger partial charge in [-0.05, 0) is 19.4 Å². The summed E-state index contributed by atoms with van der Waals surface area (Å²) in [6.07, 6.45) is 0.368. The van der Waals surface area contributed by atoms with Crippen LogP contribution in [0.25, 0.3) is 0 Å². The molecule has 0 spiro atoms. The highest BCUT2D eigenvalue weighted by molar-refractivity contribution is 7.93. The summed E-state index contributed by atoms with van der Waals surface area (Å²) >= 11 is 6.43. The number of halogens is 1. The van der Waals surface area contributed by atoms with Crippen molar-refractivity contribution >= 4 is 21.4 Å². The molecule has 0 fully saturated rings. The molecule has 0 aromatic heterocycles. The predicted molar refractivity (Wildman–Crippen MR) is 70.8 cm³/mol. The van der Waals surface area contributed by atoms with Crippen LogP contribution in [0.4, 0.5) is 0 Å². The number of sulfone groups is 1. The van der Waals surface area contributed by atoms with Gasteiger partial charge in [-0.25, -0.2) is 8.42 Å². The number of hydrogen-bond acceptors (Lipinski definition) is 2. The summed E-state index contributed by atoms with van der Waals surface area (Å²) in [6.45, 7) is 3.80. The van der Waals surface area contributed by atoms with E-state index in [4.69, 9.17) is 11.6 Å². The first-order valence-electron chi connectivity index (χ1n) is 5.49. The lowest BCUT2D eigenvalue weighted by Crippen LogP contribution is -2.36. The second-order valence-corrected chi connectivity index (χ2v) is 7.68. The molecule has 0 saturated heterocycles. The van der Waals surface area contributed by atoms with E-state index in [0.29, 0.717) is 12.0 Å². The van der Waals surface area contributed by atoms with Gasteiger partial charge in [-0.3, -0.25) is 0 Å². The predicted octanol–water partition coefficient (Wildman–Crippen LogP) is 3.23. The van der Waals surface area contributed by atoms with Crippen molar-refractivity contribution in [3.8, 4) is 0 Å². The third-order valence-electron chi connectivity index (χ3n) is 3.33. The topological polar surface area (TPSA) is 34.1 Å². The Morgan fingerprint density at radius 3 is 2.29 bits per heavy atom. The molecule has 0 amide bonds. The SMILES string of the molecule is CC1=C(C)CS(=O)(=O)[C@](Cl)(c2ccccc2)C1. The summed E-state index contributed by atoms with van der Waals surface area (Å²) < 4.78 is 23.3. The molecule has 92 valence electrons. The Bertz CT molecular complexity index is 560. The van der Waals surface area contributed by atoms with Crippen LogP contribution >= 0.6 is 11.6 Å². The smallest absolute Gasteiger partial charge is 0.178 e. The van der Waals surface area contributed by atoms with Crippen molar-refractivity contribution in [1.29, 1.82) is 0 Å². The van der Waals surface area contributed by atoms with Gasteiger partial charge in [0.15, 0.2) is 14.0 Å². The number of rotatable bonds is 1. The zero-order valence-electron chi connectivity index (χ0n) is 9.90. The summed E-state index contributed by atoms with van der Waals surface area (Å²) in [4.78, 5) is 0. The molecule has 0 N–H and O–H groups in total. The Hall–Kier alpha value is -0.800. The Kier molecular flexibility index (Phi) is 3.08. The van der Waals surface area contributed by atoms with Crippen LogP contribution in [-0.2, 0) is 14.0 Å². The highest BCUT2D eigenvalue weighted by Gasteiger charge is 2.46. The van der Waals surface area contributed by atoms with Crippen LogP contribution in [0, 0.1) is 0 Å². The molecule has 1 heterocycles. The van der Waals surface area contributed by atoms with Gasteiger partial charge in [0.2, 0.25) is 0 Å². The zero-order valence-corrected chi connectivity index (χ0v) is 11.5. The van der Waals surface area contributed by atoms with Gasteiger partial charge >= 0.3 is 0 Å². The van der Waals surface area contributed by atoms with E-state index >= 15 is 0 Å². The molecular weight excluding hydrogens is 256 g/mol. The van der Waals surface area contributed by atoms with Gasteiger partial charge in [0.1, 0.15) is 0 Å². The second kappa shape index (κ2) is 4.14. The Labute approximate surface area is 107 Å². The molecular formula is C13H15ClO2S. The summed E-state index contributed by atoms with van der Waals surface area (Å²) in [5.74, 6) is 0.0528. The number of hydrogen-bond donors (Lipinski definition) is 0. The van der Waals surface area contributed by atoms with Crippen LogP contribution in [0.5, 0.6) is 0 Å². The third-order valence-corrected chi connectivity index (χ3v) is 6.56. The monoisotopic (exact) mass is 270 g/mol. The first-order chi connectivity index (χ1) is 7.87. The van der Waals surface area contributed by atoms with Gasteiger partial charge in [0.25, 0.3) is 0 Å². The lowest BCUT2D eigenvalue weighted by molar-refractivity contribution is 0.566. The van der Waals surface area contributed by atoms with E-state index in [0.717, 1.165) is 11.1 Å². The highest BCUT2D eigenvalue weighted by atomic mass is 35.5. The van der Waals surface area contributed by atoms with Crippen LogP contribution < -0.4 is 0 Å². The average Bonchev–Trinajstić information content (AvgIpc) is 2.27. The van der Waals surface area contributed by atoms with E-state index in [2.05, 4.69) is 0 Å². The van der Waals surface area contributed by atoms with Gasteiger partial charge in [0.05, 0.1) is 5.75 Å². The van der Waals surface area contributed by atoms with E-state index < -0.39 is 14.0 Å². The molecule has 0 saturated carbocycles. The molecule has 17 heavy (non-hydrogen) atoms.